The number of nitrogens with zero attached hydrogens (tertiary/aromatic N) is 1. The maximum atomic E-state index is 11.8. The molecule has 1 heterocycles. The zero-order valence-electron chi connectivity index (χ0n) is 12.9. The number of rotatable bonds is 6. The summed E-state index contributed by atoms with van der Waals surface area (Å²) in [6, 6.07) is 9.58. The lowest BCUT2D eigenvalue weighted by Crippen LogP contribution is -2.38. The van der Waals surface area contributed by atoms with E-state index >= 15 is 0 Å². The number of nitrogens with one attached hydrogen (secondary N) is 2. The molecule has 122 valence electrons. The number of hydrogen-bond acceptors (Lipinski definition) is 5. The number of carbonyl (C=O) groups is 1. The van der Waals surface area contributed by atoms with Crippen LogP contribution >= 0.6 is 0 Å². The first-order valence-corrected chi connectivity index (χ1v) is 7.07. The number of benzene rings is 1. The van der Waals surface area contributed by atoms with Gasteiger partial charge >= 0.3 is 6.03 Å². The van der Waals surface area contributed by atoms with Crippen LogP contribution in [0.4, 0.5) is 10.5 Å². The van der Waals surface area contributed by atoms with Crippen LogP contribution in [0.5, 0.6) is 17.4 Å². The normalized spacial score (nSPS) is 11.4. The van der Waals surface area contributed by atoms with E-state index in [9.17, 15) is 4.79 Å². The van der Waals surface area contributed by atoms with Crippen LogP contribution in [-0.4, -0.2) is 35.9 Å². The van der Waals surface area contributed by atoms with Gasteiger partial charge in [-0.3, -0.25) is 0 Å². The first kappa shape index (κ1) is 16.6. The van der Waals surface area contributed by atoms with Gasteiger partial charge in [0.05, 0.1) is 19.8 Å². The monoisotopic (exact) mass is 317 g/mol. The number of carbonyl (C=O) groups excluding carboxylic acids is 1. The molecule has 1 atom stereocenters. The number of methoxy groups -OCH3 is 1. The van der Waals surface area contributed by atoms with E-state index in [-0.39, 0.29) is 18.5 Å². The molecule has 0 spiro atoms. The summed E-state index contributed by atoms with van der Waals surface area (Å²) in [5.74, 6) is 1.55. The lowest BCUT2D eigenvalue weighted by Gasteiger charge is -2.14. The molecule has 2 rings (SSSR count). The summed E-state index contributed by atoms with van der Waals surface area (Å²) in [6.45, 7) is 1.55. The highest BCUT2D eigenvalue weighted by Gasteiger charge is 2.11. The molecule has 0 aliphatic rings. The quantitative estimate of drug-likeness (QED) is 0.760. The van der Waals surface area contributed by atoms with Crippen LogP contribution in [0, 0.1) is 0 Å². The number of amides is 2. The second kappa shape index (κ2) is 8.00. The zero-order valence-corrected chi connectivity index (χ0v) is 12.9. The van der Waals surface area contributed by atoms with Gasteiger partial charge in [-0.2, -0.15) is 0 Å². The lowest BCUT2D eigenvalue weighted by atomic mass is 10.3. The molecule has 0 radical (unpaired) electrons. The minimum atomic E-state index is -0.445. The summed E-state index contributed by atoms with van der Waals surface area (Å²) in [5, 5.41) is 14.2. The van der Waals surface area contributed by atoms with Crippen molar-refractivity contribution in [3.05, 3.63) is 42.6 Å². The van der Waals surface area contributed by atoms with Crippen molar-refractivity contribution in [2.75, 3.05) is 19.0 Å². The molecule has 2 aromatic rings. The van der Waals surface area contributed by atoms with Gasteiger partial charge in [0.1, 0.15) is 17.2 Å². The number of aromatic nitrogens is 1. The van der Waals surface area contributed by atoms with Crippen LogP contribution < -0.4 is 20.1 Å². The van der Waals surface area contributed by atoms with Gasteiger partial charge in [0.2, 0.25) is 5.88 Å². The average Bonchev–Trinajstić information content (AvgIpc) is 2.57. The Bertz CT molecular complexity index is 646. The first-order chi connectivity index (χ1) is 11.1. The fourth-order valence-electron chi connectivity index (χ4n) is 1.75. The molecule has 3 N–H and O–H groups in total. The van der Waals surface area contributed by atoms with Crippen LogP contribution in [0.15, 0.2) is 42.6 Å². The van der Waals surface area contributed by atoms with Crippen molar-refractivity contribution in [2.45, 2.75) is 13.0 Å². The Hall–Kier alpha value is -2.80. The van der Waals surface area contributed by atoms with Gasteiger partial charge in [-0.1, -0.05) is 0 Å². The largest absolute Gasteiger partial charge is 0.497 e. The molecule has 0 aliphatic heterocycles. The molecule has 0 bridgehead atoms. The molecule has 7 heteroatoms. The Morgan fingerprint density at radius 3 is 2.61 bits per heavy atom. The smallest absolute Gasteiger partial charge is 0.319 e. The van der Waals surface area contributed by atoms with Gasteiger partial charge in [0.25, 0.3) is 0 Å². The highest BCUT2D eigenvalue weighted by Crippen LogP contribution is 2.27. The molecule has 1 aromatic carbocycles. The molecule has 0 aliphatic carbocycles. The third kappa shape index (κ3) is 4.86. The third-order valence-electron chi connectivity index (χ3n) is 2.94. The van der Waals surface area contributed by atoms with E-state index in [1.54, 1.807) is 56.6 Å². The van der Waals surface area contributed by atoms with E-state index in [0.29, 0.717) is 17.2 Å². The fourth-order valence-corrected chi connectivity index (χ4v) is 1.75. The van der Waals surface area contributed by atoms with E-state index in [0.717, 1.165) is 0 Å². The molecule has 0 saturated heterocycles. The Morgan fingerprint density at radius 2 is 1.96 bits per heavy atom. The Kier molecular flexibility index (Phi) is 5.76. The van der Waals surface area contributed by atoms with E-state index < -0.39 is 6.03 Å². The third-order valence-corrected chi connectivity index (χ3v) is 2.94. The van der Waals surface area contributed by atoms with Gasteiger partial charge in [0, 0.05) is 6.20 Å². The standard InChI is InChI=1S/C16H19N3O4/c1-11(10-20)18-16(21)19-14-4-3-9-17-15(14)23-13-7-5-12(22-2)6-8-13/h3-9,11,20H,10H2,1-2H3,(H2,18,19,21)/t11-/m1/s1. The molecular formula is C16H19N3O4. The molecule has 0 unspecified atom stereocenters. The van der Waals surface area contributed by atoms with Crippen molar-refractivity contribution in [3.8, 4) is 17.4 Å². The van der Waals surface area contributed by atoms with Crippen molar-refractivity contribution in [2.24, 2.45) is 0 Å². The molecule has 23 heavy (non-hydrogen) atoms. The van der Waals surface area contributed by atoms with Crippen LogP contribution in [0.3, 0.4) is 0 Å². The predicted molar refractivity (Wildman–Crippen MR) is 86.0 cm³/mol. The highest BCUT2D eigenvalue weighted by atomic mass is 16.5. The van der Waals surface area contributed by atoms with E-state index in [4.69, 9.17) is 14.6 Å². The molecule has 7 nitrogen and oxygen atoms in total. The van der Waals surface area contributed by atoms with Gasteiger partial charge in [-0.15, -0.1) is 0 Å². The number of pyridine rings is 1. The average molecular weight is 317 g/mol. The van der Waals surface area contributed by atoms with E-state index in [2.05, 4.69) is 15.6 Å². The maximum absolute atomic E-state index is 11.8. The summed E-state index contributed by atoms with van der Waals surface area (Å²) in [6.07, 6.45) is 1.57. The number of anilines is 1. The molecule has 0 fully saturated rings. The maximum Gasteiger partial charge on any atom is 0.319 e. The lowest BCUT2D eigenvalue weighted by molar-refractivity contribution is 0.229. The summed E-state index contributed by atoms with van der Waals surface area (Å²) in [4.78, 5) is 16.0. The molecule has 2 amide bonds. The minimum Gasteiger partial charge on any atom is -0.497 e. The Morgan fingerprint density at radius 1 is 1.26 bits per heavy atom. The van der Waals surface area contributed by atoms with Gasteiger partial charge < -0.3 is 25.2 Å². The van der Waals surface area contributed by atoms with Crippen molar-refractivity contribution >= 4 is 11.7 Å². The topological polar surface area (TPSA) is 92.7 Å². The summed E-state index contributed by atoms with van der Waals surface area (Å²) >= 11 is 0. The van der Waals surface area contributed by atoms with Crippen molar-refractivity contribution in [1.29, 1.82) is 0 Å². The van der Waals surface area contributed by atoms with Crippen molar-refractivity contribution in [3.63, 3.8) is 0 Å². The Labute approximate surface area is 134 Å². The Balaban J connectivity index is 2.08. The van der Waals surface area contributed by atoms with Gasteiger partial charge in [-0.25, -0.2) is 9.78 Å². The zero-order chi connectivity index (χ0) is 16.7. The first-order valence-electron chi connectivity index (χ1n) is 7.07. The van der Waals surface area contributed by atoms with Crippen LogP contribution in [0.25, 0.3) is 0 Å². The summed E-state index contributed by atoms with van der Waals surface area (Å²) < 4.78 is 10.8. The van der Waals surface area contributed by atoms with Gasteiger partial charge in [0.15, 0.2) is 0 Å². The summed E-state index contributed by atoms with van der Waals surface area (Å²) in [7, 11) is 1.59. The molecular weight excluding hydrogens is 298 g/mol. The van der Waals surface area contributed by atoms with Crippen LogP contribution in [0.2, 0.25) is 0 Å². The number of urea groups is 1. The predicted octanol–water partition coefficient (Wildman–Crippen LogP) is 2.38. The minimum absolute atomic E-state index is 0.143. The SMILES string of the molecule is COc1ccc(Oc2ncccc2NC(=O)N[C@H](C)CO)cc1. The second-order valence-corrected chi connectivity index (χ2v) is 4.82. The fraction of sp³-hybridized carbons (Fsp3) is 0.250. The number of hydrogen-bond donors (Lipinski definition) is 3. The van der Waals surface area contributed by atoms with E-state index in [1.165, 1.54) is 0 Å². The number of aliphatic hydroxyl groups is 1. The van der Waals surface area contributed by atoms with Crippen molar-refractivity contribution < 1.29 is 19.4 Å². The molecule has 1 aromatic heterocycles. The number of ether oxygens (including phenoxy) is 2. The van der Waals surface area contributed by atoms with Crippen LogP contribution in [0.1, 0.15) is 6.92 Å². The summed E-state index contributed by atoms with van der Waals surface area (Å²) in [5.41, 5.74) is 0.422. The number of aliphatic hydroxyl groups excluding tert-OH is 1. The second-order valence-electron chi connectivity index (χ2n) is 4.82. The molecule has 0 saturated carbocycles. The highest BCUT2D eigenvalue weighted by molar-refractivity contribution is 5.90. The van der Waals surface area contributed by atoms with E-state index in [1.807, 2.05) is 0 Å². The van der Waals surface area contributed by atoms with Crippen LogP contribution in [-0.2, 0) is 0 Å². The van der Waals surface area contributed by atoms with Crippen molar-refractivity contribution in [1.82, 2.24) is 10.3 Å². The van der Waals surface area contributed by atoms with Gasteiger partial charge in [-0.05, 0) is 43.3 Å².